The number of rotatable bonds is 3. The summed E-state index contributed by atoms with van der Waals surface area (Å²) in [6, 6.07) is 0. The first-order chi connectivity index (χ1) is 10.9. The molecule has 4 atom stereocenters. The van der Waals surface area contributed by atoms with Crippen molar-refractivity contribution in [2.45, 2.75) is 31.1 Å². The van der Waals surface area contributed by atoms with E-state index in [9.17, 15) is 20.1 Å². The van der Waals surface area contributed by atoms with Crippen molar-refractivity contribution in [2.75, 3.05) is 12.3 Å². The van der Waals surface area contributed by atoms with E-state index in [1.807, 2.05) is 0 Å². The molecule has 124 valence electrons. The number of nitrogens with two attached hydrogens (primary N) is 1. The van der Waals surface area contributed by atoms with Crippen molar-refractivity contribution < 1.29 is 24.9 Å². The van der Waals surface area contributed by atoms with Crippen molar-refractivity contribution in [3.8, 4) is 0 Å². The summed E-state index contributed by atoms with van der Waals surface area (Å²) in [5.41, 5.74) is 6.16. The van der Waals surface area contributed by atoms with Crippen LogP contribution in [0.15, 0.2) is 12.7 Å². The monoisotopic (exact) mass is 324 g/mol. The molecule has 11 heteroatoms. The topological polar surface area (TPSA) is 169 Å². The predicted octanol–water partition coefficient (Wildman–Crippen LogP) is -2.73. The molecule has 0 radical (unpaired) electrons. The smallest absolute Gasteiger partial charge is 0.257 e. The number of fused-ring (bicyclic) bond motifs is 1. The second kappa shape index (κ2) is 5.38. The molecule has 1 saturated heterocycles. The van der Waals surface area contributed by atoms with Crippen molar-refractivity contribution in [2.24, 2.45) is 0 Å². The van der Waals surface area contributed by atoms with Gasteiger partial charge >= 0.3 is 0 Å². The molecule has 3 heterocycles. The number of aliphatic hydroxyl groups excluding tert-OH is 3. The van der Waals surface area contributed by atoms with Crippen LogP contribution < -0.4 is 11.1 Å². The lowest BCUT2D eigenvalue weighted by atomic mass is 10.1. The normalized spacial score (nSPS) is 30.7. The largest absolute Gasteiger partial charge is 0.394 e. The van der Waals surface area contributed by atoms with E-state index in [-0.39, 0.29) is 17.0 Å². The molecule has 0 bridgehead atoms. The molecule has 0 saturated carbocycles. The number of amides is 1. The molecule has 2 aromatic rings. The summed E-state index contributed by atoms with van der Waals surface area (Å²) in [6.45, 7) is 0.669. The molecule has 1 aliphatic heterocycles. The minimum Gasteiger partial charge on any atom is -0.394 e. The van der Waals surface area contributed by atoms with E-state index in [1.165, 1.54) is 24.1 Å². The number of carbonyl (C=O) groups excluding carboxylic acids is 1. The van der Waals surface area contributed by atoms with E-state index in [4.69, 9.17) is 10.5 Å². The van der Waals surface area contributed by atoms with Crippen LogP contribution in [0.5, 0.6) is 0 Å². The van der Waals surface area contributed by atoms with Gasteiger partial charge in [0.25, 0.3) is 5.85 Å². The van der Waals surface area contributed by atoms with Crippen LogP contribution in [0.3, 0.4) is 0 Å². The van der Waals surface area contributed by atoms with Crippen LogP contribution in [0.25, 0.3) is 11.2 Å². The lowest BCUT2D eigenvalue weighted by molar-refractivity contribution is -0.175. The zero-order valence-electron chi connectivity index (χ0n) is 12.1. The number of ether oxygens (including phenoxy) is 1. The first-order valence-electron chi connectivity index (χ1n) is 6.78. The SMILES string of the molecule is CC(=O)N[C@@]1(n2cnc3c(N)ncnc32)O[C@H](CO)[C@@H](O)[C@H]1O. The Labute approximate surface area is 129 Å². The van der Waals surface area contributed by atoms with Crippen LogP contribution in [0.1, 0.15) is 6.92 Å². The predicted molar refractivity (Wildman–Crippen MR) is 75.5 cm³/mol. The molecule has 23 heavy (non-hydrogen) atoms. The average Bonchev–Trinajstić information content (AvgIpc) is 3.04. The van der Waals surface area contributed by atoms with E-state index >= 15 is 0 Å². The van der Waals surface area contributed by atoms with Gasteiger partial charge in [-0.3, -0.25) is 9.36 Å². The highest BCUT2D eigenvalue weighted by molar-refractivity contribution is 5.81. The van der Waals surface area contributed by atoms with Crippen molar-refractivity contribution in [1.82, 2.24) is 24.8 Å². The third kappa shape index (κ3) is 2.21. The Morgan fingerprint density at radius 3 is 2.83 bits per heavy atom. The maximum absolute atomic E-state index is 11.6. The van der Waals surface area contributed by atoms with Crippen LogP contribution >= 0.6 is 0 Å². The van der Waals surface area contributed by atoms with E-state index in [2.05, 4.69) is 20.3 Å². The van der Waals surface area contributed by atoms with E-state index in [0.29, 0.717) is 0 Å². The number of anilines is 1. The summed E-state index contributed by atoms with van der Waals surface area (Å²) in [5.74, 6) is -2.30. The fourth-order valence-corrected chi connectivity index (χ4v) is 2.66. The summed E-state index contributed by atoms with van der Waals surface area (Å²) < 4.78 is 6.81. The lowest BCUT2D eigenvalue weighted by Crippen LogP contribution is -2.57. The van der Waals surface area contributed by atoms with Gasteiger partial charge in [-0.15, -0.1) is 0 Å². The van der Waals surface area contributed by atoms with Crippen LogP contribution in [0.4, 0.5) is 5.82 Å². The van der Waals surface area contributed by atoms with Gasteiger partial charge in [0.05, 0.1) is 6.61 Å². The van der Waals surface area contributed by atoms with Gasteiger partial charge in [-0.1, -0.05) is 0 Å². The Morgan fingerprint density at radius 1 is 1.48 bits per heavy atom. The Balaban J connectivity index is 2.20. The molecule has 0 aromatic carbocycles. The lowest BCUT2D eigenvalue weighted by Gasteiger charge is -2.33. The Morgan fingerprint density at radius 2 is 2.22 bits per heavy atom. The van der Waals surface area contributed by atoms with Gasteiger partial charge in [-0.25, -0.2) is 15.0 Å². The molecular formula is C12H16N6O5. The molecule has 1 fully saturated rings. The van der Waals surface area contributed by atoms with Crippen molar-refractivity contribution in [3.63, 3.8) is 0 Å². The van der Waals surface area contributed by atoms with Crippen molar-refractivity contribution >= 4 is 22.9 Å². The van der Waals surface area contributed by atoms with Gasteiger partial charge in [-0.2, -0.15) is 0 Å². The minimum atomic E-state index is -1.88. The maximum atomic E-state index is 11.6. The highest BCUT2D eigenvalue weighted by Gasteiger charge is 2.57. The average molecular weight is 324 g/mol. The number of imidazole rings is 1. The molecule has 3 rings (SSSR count). The van der Waals surface area contributed by atoms with Gasteiger partial charge in [0.1, 0.15) is 30.4 Å². The Hall–Kier alpha value is -2.34. The molecule has 1 aliphatic rings. The number of carbonyl (C=O) groups is 1. The minimum absolute atomic E-state index is 0.110. The standard InChI is InChI=1S/C12H16N6O5/c1-5(20)17-12(9(22)8(21)6(2-19)23-12)18-4-16-7-10(13)14-3-15-11(7)18/h3-4,6,8-9,19,21-22H,2H2,1H3,(H,17,20)(H2,13,14,15)/t6-,8-,9-,12+/m1/s1. The number of nitrogens with zero attached hydrogens (tertiary/aromatic N) is 4. The number of aromatic nitrogens is 4. The first kappa shape index (κ1) is 15.6. The van der Waals surface area contributed by atoms with Crippen LogP contribution in [-0.2, 0) is 15.4 Å². The maximum Gasteiger partial charge on any atom is 0.257 e. The van der Waals surface area contributed by atoms with E-state index in [0.717, 1.165) is 0 Å². The van der Waals surface area contributed by atoms with E-state index < -0.39 is 36.7 Å². The van der Waals surface area contributed by atoms with Gasteiger partial charge in [0.15, 0.2) is 17.6 Å². The Kier molecular flexibility index (Phi) is 3.64. The zero-order valence-corrected chi connectivity index (χ0v) is 12.1. The molecule has 1 amide bonds. The van der Waals surface area contributed by atoms with Gasteiger partial charge in [0.2, 0.25) is 5.91 Å². The quantitative estimate of drug-likeness (QED) is 0.402. The summed E-state index contributed by atoms with van der Waals surface area (Å²) in [4.78, 5) is 23.5. The first-order valence-corrected chi connectivity index (χ1v) is 6.78. The van der Waals surface area contributed by atoms with Crippen LogP contribution in [0.2, 0.25) is 0 Å². The van der Waals surface area contributed by atoms with Gasteiger partial charge in [0, 0.05) is 6.92 Å². The number of nitrogen functional groups attached to an aromatic ring is 1. The molecule has 0 spiro atoms. The molecule has 6 N–H and O–H groups in total. The number of hydrogen-bond donors (Lipinski definition) is 5. The number of hydrogen-bond acceptors (Lipinski definition) is 9. The summed E-state index contributed by atoms with van der Waals surface area (Å²) in [5, 5.41) is 32.2. The Bertz CT molecular complexity index is 751. The third-order valence-corrected chi connectivity index (χ3v) is 3.69. The van der Waals surface area contributed by atoms with Crippen molar-refractivity contribution in [1.29, 1.82) is 0 Å². The van der Waals surface area contributed by atoms with Crippen molar-refractivity contribution in [3.05, 3.63) is 12.7 Å². The summed E-state index contributed by atoms with van der Waals surface area (Å²) in [7, 11) is 0. The highest BCUT2D eigenvalue weighted by Crippen LogP contribution is 2.35. The number of nitrogens with one attached hydrogen (secondary N) is 1. The zero-order chi connectivity index (χ0) is 16.8. The summed E-state index contributed by atoms with van der Waals surface area (Å²) >= 11 is 0. The molecular weight excluding hydrogens is 308 g/mol. The van der Waals surface area contributed by atoms with E-state index in [1.54, 1.807) is 0 Å². The molecule has 11 nitrogen and oxygen atoms in total. The third-order valence-electron chi connectivity index (χ3n) is 3.69. The van der Waals surface area contributed by atoms with Crippen LogP contribution in [-0.4, -0.2) is 65.7 Å². The molecule has 2 aromatic heterocycles. The second-order valence-corrected chi connectivity index (χ2v) is 5.20. The highest BCUT2D eigenvalue weighted by atomic mass is 16.6. The second-order valence-electron chi connectivity index (χ2n) is 5.20. The van der Waals surface area contributed by atoms with Gasteiger partial charge < -0.3 is 31.1 Å². The summed E-state index contributed by atoms with van der Waals surface area (Å²) in [6.07, 6.45) is -1.66. The fraction of sp³-hybridized carbons (Fsp3) is 0.500. The fourth-order valence-electron chi connectivity index (χ4n) is 2.66. The molecule has 0 aliphatic carbocycles. The molecule has 0 unspecified atom stereocenters. The van der Waals surface area contributed by atoms with Gasteiger partial charge in [-0.05, 0) is 0 Å². The number of aliphatic hydroxyl groups is 3. The van der Waals surface area contributed by atoms with Crippen LogP contribution in [0, 0.1) is 0 Å².